The molecule has 0 fully saturated rings. The van der Waals surface area contributed by atoms with Gasteiger partial charge in [0.15, 0.2) is 0 Å². The first-order chi connectivity index (χ1) is 8.50. The Bertz CT molecular complexity index is 408. The Balaban J connectivity index is 2.43. The van der Waals surface area contributed by atoms with Crippen molar-refractivity contribution in [1.29, 1.82) is 0 Å². The van der Waals surface area contributed by atoms with Crippen LogP contribution >= 0.6 is 0 Å². The molecule has 0 bridgehead atoms. The van der Waals surface area contributed by atoms with Crippen molar-refractivity contribution in [3.63, 3.8) is 0 Å². The van der Waals surface area contributed by atoms with Crippen LogP contribution in [-0.2, 0) is 4.74 Å². The largest absolute Gasteiger partial charge is 0.379 e. The summed E-state index contributed by atoms with van der Waals surface area (Å²) in [4.78, 5) is 14.4. The lowest BCUT2D eigenvalue weighted by Crippen LogP contribution is -2.13. The highest BCUT2D eigenvalue weighted by Gasteiger charge is 2.11. The van der Waals surface area contributed by atoms with Crippen LogP contribution in [-0.4, -0.2) is 29.7 Å². The van der Waals surface area contributed by atoms with E-state index in [4.69, 9.17) is 4.74 Å². The van der Waals surface area contributed by atoms with E-state index in [1.807, 2.05) is 0 Å². The first-order valence-corrected chi connectivity index (χ1v) is 5.93. The van der Waals surface area contributed by atoms with Gasteiger partial charge in [0.2, 0.25) is 0 Å². The molecule has 0 saturated carbocycles. The zero-order valence-electron chi connectivity index (χ0n) is 11.0. The third-order valence-corrected chi connectivity index (χ3v) is 2.28. The molecule has 1 N–H and O–H groups in total. The lowest BCUT2D eigenvalue weighted by Gasteiger charge is -2.08. The minimum absolute atomic E-state index is 0.0793. The van der Waals surface area contributed by atoms with E-state index in [9.17, 15) is 10.1 Å². The van der Waals surface area contributed by atoms with E-state index in [0.717, 1.165) is 0 Å². The van der Waals surface area contributed by atoms with Crippen LogP contribution in [0, 0.1) is 23.0 Å². The van der Waals surface area contributed by atoms with Crippen molar-refractivity contribution in [2.24, 2.45) is 5.92 Å². The zero-order chi connectivity index (χ0) is 13.5. The molecule has 6 heteroatoms. The molecule has 1 aromatic heterocycles. The lowest BCUT2D eigenvalue weighted by molar-refractivity contribution is -0.385. The van der Waals surface area contributed by atoms with E-state index in [1.54, 1.807) is 6.92 Å². The Morgan fingerprint density at radius 1 is 1.56 bits per heavy atom. The number of hydrogen-bond acceptors (Lipinski definition) is 5. The maximum Gasteiger partial charge on any atom is 0.277 e. The summed E-state index contributed by atoms with van der Waals surface area (Å²) in [6.07, 6.45) is 1.50. The van der Waals surface area contributed by atoms with E-state index < -0.39 is 4.92 Å². The molecular formula is C12H19N3O3. The van der Waals surface area contributed by atoms with Crippen molar-refractivity contribution in [2.75, 3.05) is 25.1 Å². The molecule has 6 nitrogen and oxygen atoms in total. The van der Waals surface area contributed by atoms with Gasteiger partial charge in [-0.3, -0.25) is 10.1 Å². The average Bonchev–Trinajstić information content (AvgIpc) is 2.30. The maximum absolute atomic E-state index is 10.8. The highest BCUT2D eigenvalue weighted by atomic mass is 16.6. The van der Waals surface area contributed by atoms with E-state index in [0.29, 0.717) is 37.1 Å². The SMILES string of the molecule is Cc1cnc(NCCOCC(C)C)cc1[N+](=O)[O-]. The number of anilines is 1. The first kappa shape index (κ1) is 14.4. The molecule has 18 heavy (non-hydrogen) atoms. The number of pyridine rings is 1. The molecule has 0 aliphatic rings. The summed E-state index contributed by atoms with van der Waals surface area (Å²) in [5.41, 5.74) is 0.636. The fourth-order valence-electron chi connectivity index (χ4n) is 1.38. The predicted octanol–water partition coefficient (Wildman–Crippen LogP) is 2.38. The maximum atomic E-state index is 10.8. The molecule has 0 radical (unpaired) electrons. The molecule has 0 spiro atoms. The smallest absolute Gasteiger partial charge is 0.277 e. The van der Waals surface area contributed by atoms with Crippen molar-refractivity contribution in [2.45, 2.75) is 20.8 Å². The summed E-state index contributed by atoms with van der Waals surface area (Å²) >= 11 is 0. The molecule has 1 rings (SSSR count). The summed E-state index contributed by atoms with van der Waals surface area (Å²) < 4.78 is 5.39. The molecular weight excluding hydrogens is 234 g/mol. The fraction of sp³-hybridized carbons (Fsp3) is 0.583. The Morgan fingerprint density at radius 3 is 2.89 bits per heavy atom. The summed E-state index contributed by atoms with van der Waals surface area (Å²) in [5, 5.41) is 13.8. The van der Waals surface area contributed by atoms with Gasteiger partial charge in [0, 0.05) is 24.9 Å². The van der Waals surface area contributed by atoms with Crippen LogP contribution in [0.15, 0.2) is 12.3 Å². The van der Waals surface area contributed by atoms with Gasteiger partial charge in [0.05, 0.1) is 17.6 Å². The summed E-state index contributed by atoms with van der Waals surface area (Å²) in [7, 11) is 0. The predicted molar refractivity (Wildman–Crippen MR) is 69.8 cm³/mol. The molecule has 0 aliphatic heterocycles. The van der Waals surface area contributed by atoms with Gasteiger partial charge in [0.1, 0.15) is 5.82 Å². The molecule has 0 unspecified atom stereocenters. The van der Waals surface area contributed by atoms with Gasteiger partial charge in [0.25, 0.3) is 5.69 Å². The third kappa shape index (κ3) is 4.67. The molecule has 1 heterocycles. The summed E-state index contributed by atoms with van der Waals surface area (Å²) in [6.45, 7) is 7.68. The molecule has 1 aromatic rings. The van der Waals surface area contributed by atoms with Gasteiger partial charge >= 0.3 is 0 Å². The summed E-state index contributed by atoms with van der Waals surface area (Å²) in [5.74, 6) is 1.00. The van der Waals surface area contributed by atoms with Crippen molar-refractivity contribution in [3.8, 4) is 0 Å². The number of aryl methyl sites for hydroxylation is 1. The monoisotopic (exact) mass is 253 g/mol. The standard InChI is InChI=1S/C12H19N3O3/c1-9(2)8-18-5-4-13-12-6-11(15(16)17)10(3)7-14-12/h6-7,9H,4-5,8H2,1-3H3,(H,13,14). The van der Waals surface area contributed by atoms with Gasteiger partial charge in [-0.15, -0.1) is 0 Å². The molecule has 0 amide bonds. The van der Waals surface area contributed by atoms with E-state index in [1.165, 1.54) is 12.3 Å². The highest BCUT2D eigenvalue weighted by Crippen LogP contribution is 2.19. The van der Waals surface area contributed by atoms with Crippen LogP contribution in [0.3, 0.4) is 0 Å². The van der Waals surface area contributed by atoms with E-state index in [2.05, 4.69) is 24.1 Å². The zero-order valence-corrected chi connectivity index (χ0v) is 11.0. The molecule has 0 aliphatic carbocycles. The second kappa shape index (κ2) is 6.90. The van der Waals surface area contributed by atoms with Gasteiger partial charge in [-0.1, -0.05) is 13.8 Å². The highest BCUT2D eigenvalue weighted by molar-refractivity contribution is 5.48. The minimum Gasteiger partial charge on any atom is -0.379 e. The van der Waals surface area contributed by atoms with Gasteiger partial charge < -0.3 is 10.1 Å². The molecule has 0 saturated heterocycles. The molecule has 0 atom stereocenters. The third-order valence-electron chi connectivity index (χ3n) is 2.28. The number of nitrogens with zero attached hydrogens (tertiary/aromatic N) is 2. The van der Waals surface area contributed by atoms with Gasteiger partial charge in [-0.25, -0.2) is 4.98 Å². The number of nitrogens with one attached hydrogen (secondary N) is 1. The summed E-state index contributed by atoms with van der Waals surface area (Å²) in [6, 6.07) is 1.44. The second-order valence-electron chi connectivity index (χ2n) is 4.51. The average molecular weight is 253 g/mol. The first-order valence-electron chi connectivity index (χ1n) is 5.93. The topological polar surface area (TPSA) is 77.3 Å². The second-order valence-corrected chi connectivity index (χ2v) is 4.51. The van der Waals surface area contributed by atoms with Crippen LogP contribution in [0.2, 0.25) is 0 Å². The van der Waals surface area contributed by atoms with Crippen LogP contribution in [0.1, 0.15) is 19.4 Å². The number of rotatable bonds is 7. The van der Waals surface area contributed by atoms with Crippen molar-refractivity contribution < 1.29 is 9.66 Å². The number of aromatic nitrogens is 1. The van der Waals surface area contributed by atoms with E-state index in [-0.39, 0.29) is 5.69 Å². The van der Waals surface area contributed by atoms with Crippen LogP contribution in [0.25, 0.3) is 0 Å². The Hall–Kier alpha value is -1.69. The number of ether oxygens (including phenoxy) is 1. The lowest BCUT2D eigenvalue weighted by atomic mass is 10.2. The van der Waals surface area contributed by atoms with Crippen LogP contribution in [0.4, 0.5) is 11.5 Å². The van der Waals surface area contributed by atoms with Gasteiger partial charge in [-0.05, 0) is 12.8 Å². The Labute approximate surface area is 107 Å². The molecule has 0 aromatic carbocycles. The van der Waals surface area contributed by atoms with Crippen molar-refractivity contribution in [3.05, 3.63) is 27.9 Å². The Kier molecular flexibility index (Phi) is 5.51. The van der Waals surface area contributed by atoms with Crippen LogP contribution in [0.5, 0.6) is 0 Å². The van der Waals surface area contributed by atoms with Crippen molar-refractivity contribution in [1.82, 2.24) is 4.98 Å². The normalized spacial score (nSPS) is 10.7. The van der Waals surface area contributed by atoms with Gasteiger partial charge in [-0.2, -0.15) is 0 Å². The quantitative estimate of drug-likeness (QED) is 0.458. The Morgan fingerprint density at radius 2 is 2.28 bits per heavy atom. The number of nitro groups is 1. The number of hydrogen-bond donors (Lipinski definition) is 1. The minimum atomic E-state index is -0.405. The van der Waals surface area contributed by atoms with Crippen molar-refractivity contribution >= 4 is 11.5 Å². The van der Waals surface area contributed by atoms with Crippen LogP contribution < -0.4 is 5.32 Å². The molecule has 100 valence electrons. The van der Waals surface area contributed by atoms with E-state index >= 15 is 0 Å². The fourth-order valence-corrected chi connectivity index (χ4v) is 1.38.